The zero-order valence-corrected chi connectivity index (χ0v) is 17.1. The molecule has 3 aromatic rings. The standard InChI is InChI=1S/C21H20F4N6O/c1-13-27-7-9-31(13)19-11-26-10-18(29-19)30-8-6-16(14-2-4-15(22)5-3-14)17(12-30)28-20(32)21(23,24)25/h2-5,7,9-11,16-17H,6,8,12H2,1H3,(H,28,32). The number of hydrogen-bond acceptors (Lipinski definition) is 5. The lowest BCUT2D eigenvalue weighted by Gasteiger charge is -2.39. The van der Waals surface area contributed by atoms with Crippen LogP contribution >= 0.6 is 0 Å². The van der Waals surface area contributed by atoms with Crippen molar-refractivity contribution >= 4 is 11.7 Å². The molecule has 2 atom stereocenters. The molecule has 2 unspecified atom stereocenters. The average molecular weight is 448 g/mol. The van der Waals surface area contributed by atoms with Crippen molar-refractivity contribution in [2.24, 2.45) is 0 Å². The number of carbonyl (C=O) groups excluding carboxylic acids is 1. The molecule has 1 aliphatic rings. The van der Waals surface area contributed by atoms with E-state index in [9.17, 15) is 22.4 Å². The van der Waals surface area contributed by atoms with E-state index in [4.69, 9.17) is 0 Å². The highest BCUT2D eigenvalue weighted by Crippen LogP contribution is 2.31. The van der Waals surface area contributed by atoms with Crippen molar-refractivity contribution in [1.82, 2.24) is 24.8 Å². The van der Waals surface area contributed by atoms with E-state index in [1.165, 1.54) is 30.5 Å². The zero-order chi connectivity index (χ0) is 22.9. The number of aryl methyl sites for hydroxylation is 1. The van der Waals surface area contributed by atoms with E-state index in [1.54, 1.807) is 28.1 Å². The maximum Gasteiger partial charge on any atom is 0.471 e. The van der Waals surface area contributed by atoms with Crippen LogP contribution in [0.1, 0.15) is 23.7 Å². The number of carbonyl (C=O) groups is 1. The second-order valence-corrected chi connectivity index (χ2v) is 7.55. The van der Waals surface area contributed by atoms with Crippen LogP contribution in [0.25, 0.3) is 5.82 Å². The Hall–Kier alpha value is -3.50. The van der Waals surface area contributed by atoms with Gasteiger partial charge in [0.25, 0.3) is 0 Å². The van der Waals surface area contributed by atoms with Crippen molar-refractivity contribution in [2.75, 3.05) is 18.0 Å². The number of nitrogens with zero attached hydrogens (tertiary/aromatic N) is 5. The van der Waals surface area contributed by atoms with Gasteiger partial charge in [-0.1, -0.05) is 12.1 Å². The van der Waals surface area contributed by atoms with Crippen LogP contribution in [0.15, 0.2) is 49.1 Å². The van der Waals surface area contributed by atoms with Crippen LogP contribution < -0.4 is 10.2 Å². The summed E-state index contributed by atoms with van der Waals surface area (Å²) in [6.45, 7) is 2.37. The maximum absolute atomic E-state index is 13.3. The number of hydrogen-bond donors (Lipinski definition) is 1. The third-order valence-electron chi connectivity index (χ3n) is 5.49. The fraction of sp³-hybridized carbons (Fsp3) is 0.333. The minimum Gasteiger partial charge on any atom is -0.353 e. The Balaban J connectivity index is 1.61. The summed E-state index contributed by atoms with van der Waals surface area (Å²) in [6, 6.07) is 4.72. The first kappa shape index (κ1) is 21.7. The number of halogens is 4. The average Bonchev–Trinajstić information content (AvgIpc) is 3.20. The van der Waals surface area contributed by atoms with Crippen LogP contribution in [0.3, 0.4) is 0 Å². The number of piperidine rings is 1. The van der Waals surface area contributed by atoms with Gasteiger partial charge in [0.05, 0.1) is 18.4 Å². The molecule has 0 saturated carbocycles. The Morgan fingerprint density at radius 1 is 1.16 bits per heavy atom. The molecule has 32 heavy (non-hydrogen) atoms. The topological polar surface area (TPSA) is 75.9 Å². The van der Waals surface area contributed by atoms with Crippen molar-refractivity contribution < 1.29 is 22.4 Å². The van der Waals surface area contributed by atoms with Crippen LogP contribution in [0.4, 0.5) is 23.4 Å². The highest BCUT2D eigenvalue weighted by Gasteiger charge is 2.42. The van der Waals surface area contributed by atoms with Gasteiger partial charge in [-0.2, -0.15) is 13.2 Å². The van der Waals surface area contributed by atoms with Crippen molar-refractivity contribution in [3.63, 3.8) is 0 Å². The monoisotopic (exact) mass is 448 g/mol. The van der Waals surface area contributed by atoms with Crippen molar-refractivity contribution in [2.45, 2.75) is 31.5 Å². The summed E-state index contributed by atoms with van der Waals surface area (Å²) in [5, 5.41) is 2.11. The van der Waals surface area contributed by atoms with E-state index in [0.717, 1.165) is 0 Å². The summed E-state index contributed by atoms with van der Waals surface area (Å²) in [5.41, 5.74) is 0.660. The summed E-state index contributed by atoms with van der Waals surface area (Å²) in [5.74, 6) is -1.16. The molecule has 1 saturated heterocycles. The third-order valence-corrected chi connectivity index (χ3v) is 5.49. The number of benzene rings is 1. The quantitative estimate of drug-likeness (QED) is 0.621. The lowest BCUT2D eigenvalue weighted by Crippen LogP contribution is -2.54. The highest BCUT2D eigenvalue weighted by atomic mass is 19.4. The highest BCUT2D eigenvalue weighted by molar-refractivity contribution is 5.82. The number of alkyl halides is 3. The Morgan fingerprint density at radius 3 is 2.53 bits per heavy atom. The molecule has 1 N–H and O–H groups in total. The van der Waals surface area contributed by atoms with Gasteiger partial charge < -0.3 is 10.2 Å². The number of anilines is 1. The van der Waals surface area contributed by atoms with Crippen molar-refractivity contribution in [3.8, 4) is 5.82 Å². The Labute approximate surface area is 181 Å². The Morgan fingerprint density at radius 2 is 1.88 bits per heavy atom. The molecule has 0 radical (unpaired) electrons. The van der Waals surface area contributed by atoms with Gasteiger partial charge in [0.1, 0.15) is 17.5 Å². The van der Waals surface area contributed by atoms with Gasteiger partial charge in [0.15, 0.2) is 5.82 Å². The van der Waals surface area contributed by atoms with E-state index in [0.29, 0.717) is 36.0 Å². The second-order valence-electron chi connectivity index (χ2n) is 7.55. The summed E-state index contributed by atoms with van der Waals surface area (Å²) in [7, 11) is 0. The molecule has 1 aliphatic heterocycles. The van der Waals surface area contributed by atoms with Gasteiger partial charge in [-0.15, -0.1) is 0 Å². The molecular weight excluding hydrogens is 428 g/mol. The first-order chi connectivity index (χ1) is 15.2. The minimum atomic E-state index is -5.01. The van der Waals surface area contributed by atoms with E-state index >= 15 is 0 Å². The van der Waals surface area contributed by atoms with Gasteiger partial charge in [0.2, 0.25) is 0 Å². The number of aromatic nitrogens is 4. The van der Waals surface area contributed by atoms with E-state index in [1.807, 2.05) is 6.92 Å². The molecule has 0 spiro atoms. The first-order valence-electron chi connectivity index (χ1n) is 9.93. The maximum atomic E-state index is 13.3. The molecule has 2 aromatic heterocycles. The Kier molecular flexibility index (Phi) is 5.81. The molecule has 1 fully saturated rings. The fourth-order valence-electron chi connectivity index (χ4n) is 3.90. The fourth-order valence-corrected chi connectivity index (χ4v) is 3.90. The number of rotatable bonds is 4. The van der Waals surface area contributed by atoms with E-state index in [2.05, 4.69) is 20.3 Å². The molecule has 168 valence electrons. The lowest BCUT2D eigenvalue weighted by atomic mass is 9.85. The first-order valence-corrected chi connectivity index (χ1v) is 9.93. The largest absolute Gasteiger partial charge is 0.471 e. The predicted molar refractivity (Wildman–Crippen MR) is 108 cm³/mol. The summed E-state index contributed by atoms with van der Waals surface area (Å²) < 4.78 is 53.9. The number of imidazole rings is 1. The number of amides is 1. The van der Waals surface area contributed by atoms with Crippen molar-refractivity contribution in [3.05, 3.63) is 66.3 Å². The van der Waals surface area contributed by atoms with E-state index in [-0.39, 0.29) is 6.54 Å². The van der Waals surface area contributed by atoms with Gasteiger partial charge in [0, 0.05) is 31.4 Å². The molecule has 0 bridgehead atoms. The normalized spacial score (nSPS) is 19.1. The number of nitrogens with one attached hydrogen (secondary N) is 1. The third kappa shape index (κ3) is 4.56. The van der Waals surface area contributed by atoms with E-state index < -0.39 is 29.9 Å². The van der Waals surface area contributed by atoms with Gasteiger partial charge >= 0.3 is 12.1 Å². The molecule has 7 nitrogen and oxygen atoms in total. The summed E-state index contributed by atoms with van der Waals surface area (Å²) in [4.78, 5) is 26.4. The molecule has 0 aliphatic carbocycles. The molecule has 4 rings (SSSR count). The van der Waals surface area contributed by atoms with Gasteiger partial charge in [-0.25, -0.2) is 14.4 Å². The Bertz CT molecular complexity index is 1100. The molecule has 1 aromatic carbocycles. The predicted octanol–water partition coefficient (Wildman–Crippen LogP) is 3.15. The molecule has 11 heteroatoms. The molecule has 3 heterocycles. The van der Waals surface area contributed by atoms with Crippen LogP contribution in [0.5, 0.6) is 0 Å². The zero-order valence-electron chi connectivity index (χ0n) is 17.1. The second kappa shape index (κ2) is 8.56. The van der Waals surface area contributed by atoms with Gasteiger partial charge in [-0.05, 0) is 31.0 Å². The summed E-state index contributed by atoms with van der Waals surface area (Å²) >= 11 is 0. The summed E-state index contributed by atoms with van der Waals surface area (Å²) in [6.07, 6.45) is 1.87. The van der Waals surface area contributed by atoms with Crippen LogP contribution in [-0.2, 0) is 4.79 Å². The van der Waals surface area contributed by atoms with Crippen LogP contribution in [-0.4, -0.2) is 50.7 Å². The molecule has 1 amide bonds. The minimum absolute atomic E-state index is 0.0882. The van der Waals surface area contributed by atoms with Crippen LogP contribution in [0.2, 0.25) is 0 Å². The lowest BCUT2D eigenvalue weighted by molar-refractivity contribution is -0.174. The van der Waals surface area contributed by atoms with Crippen molar-refractivity contribution in [1.29, 1.82) is 0 Å². The smallest absolute Gasteiger partial charge is 0.353 e. The van der Waals surface area contributed by atoms with Crippen LogP contribution in [0, 0.1) is 12.7 Å². The van der Waals surface area contributed by atoms with Gasteiger partial charge in [-0.3, -0.25) is 14.3 Å². The SMILES string of the molecule is Cc1nccn1-c1cncc(N2CCC(c3ccc(F)cc3)C(NC(=O)C(F)(F)F)C2)n1. The molecular formula is C21H20F4N6O.